The molecule has 0 radical (unpaired) electrons. The number of hydrogen-bond donors (Lipinski definition) is 3. The molecule has 0 bridgehead atoms. The Kier molecular flexibility index (Phi) is 7.01. The molecule has 10 heteroatoms. The van der Waals surface area contributed by atoms with Gasteiger partial charge in [-0.3, -0.25) is 9.88 Å². The Hall–Kier alpha value is -3.76. The lowest BCUT2D eigenvalue weighted by atomic mass is 10.1. The third-order valence-electron chi connectivity index (χ3n) is 6.35. The first-order valence-corrected chi connectivity index (χ1v) is 11.9. The van der Waals surface area contributed by atoms with Crippen LogP contribution in [0.3, 0.4) is 0 Å². The molecule has 1 aromatic carbocycles. The molecular weight excluding hydrogens is 442 g/mol. The van der Waals surface area contributed by atoms with Gasteiger partial charge < -0.3 is 26.0 Å². The highest BCUT2D eigenvalue weighted by atomic mass is 16.5. The number of amidine groups is 1. The number of aromatic nitrogens is 2. The zero-order valence-corrected chi connectivity index (χ0v) is 19.9. The van der Waals surface area contributed by atoms with Crippen molar-refractivity contribution in [3.8, 4) is 0 Å². The van der Waals surface area contributed by atoms with Gasteiger partial charge in [-0.2, -0.15) is 0 Å². The van der Waals surface area contributed by atoms with Gasteiger partial charge in [-0.15, -0.1) is 0 Å². The largest absolute Gasteiger partial charge is 0.382 e. The van der Waals surface area contributed by atoms with Crippen LogP contribution in [0.5, 0.6) is 0 Å². The molecule has 0 saturated carbocycles. The maximum Gasteiger partial charge on any atom is 0.145 e. The van der Waals surface area contributed by atoms with Crippen LogP contribution in [0.4, 0.5) is 17.2 Å². The van der Waals surface area contributed by atoms with E-state index in [1.165, 1.54) is 5.69 Å². The van der Waals surface area contributed by atoms with Crippen molar-refractivity contribution in [3.05, 3.63) is 60.3 Å². The van der Waals surface area contributed by atoms with Crippen LogP contribution in [0.25, 0.3) is 5.70 Å². The van der Waals surface area contributed by atoms with Crippen LogP contribution in [0.1, 0.15) is 17.8 Å². The molecule has 5 rings (SSSR count). The van der Waals surface area contributed by atoms with Crippen LogP contribution < -0.4 is 21.3 Å². The number of hydrogen-bond acceptors (Lipinski definition) is 10. The molecule has 0 amide bonds. The van der Waals surface area contributed by atoms with Gasteiger partial charge in [-0.05, 0) is 37.4 Å². The number of anilines is 3. The molecule has 2 aromatic rings. The summed E-state index contributed by atoms with van der Waals surface area (Å²) < 4.78 is 5.34. The minimum Gasteiger partial charge on any atom is -0.382 e. The second-order valence-electron chi connectivity index (χ2n) is 8.74. The van der Waals surface area contributed by atoms with Gasteiger partial charge in [0, 0.05) is 44.0 Å². The summed E-state index contributed by atoms with van der Waals surface area (Å²) in [5.74, 6) is 1.14. The molecule has 2 saturated heterocycles. The number of nitrogens with zero attached hydrogens (tertiary/aromatic N) is 6. The fourth-order valence-electron chi connectivity index (χ4n) is 4.14. The topological polar surface area (TPSA) is 116 Å². The first-order valence-electron chi connectivity index (χ1n) is 11.9. The Bertz CT molecular complexity index is 1140. The van der Waals surface area contributed by atoms with Gasteiger partial charge in [0.05, 0.1) is 43.7 Å². The van der Waals surface area contributed by atoms with Crippen molar-refractivity contribution in [2.75, 3.05) is 55.3 Å². The summed E-state index contributed by atoms with van der Waals surface area (Å²) in [4.78, 5) is 22.8. The summed E-state index contributed by atoms with van der Waals surface area (Å²) in [5, 5.41) is 6.46. The van der Waals surface area contributed by atoms with E-state index in [0.29, 0.717) is 35.4 Å². The Morgan fingerprint density at radius 1 is 1.11 bits per heavy atom. The average molecular weight is 474 g/mol. The molecule has 1 aromatic heterocycles. The van der Waals surface area contributed by atoms with Gasteiger partial charge in [-0.1, -0.05) is 6.08 Å². The van der Waals surface area contributed by atoms with Crippen molar-refractivity contribution in [1.82, 2.24) is 20.2 Å². The number of ether oxygens (including phenoxy) is 1. The van der Waals surface area contributed by atoms with E-state index in [9.17, 15) is 0 Å². The summed E-state index contributed by atoms with van der Waals surface area (Å²) in [6, 6.07) is 9.12. The summed E-state index contributed by atoms with van der Waals surface area (Å²) in [7, 11) is 0. The minimum atomic E-state index is 0.379. The van der Waals surface area contributed by atoms with Crippen LogP contribution in [-0.4, -0.2) is 72.5 Å². The van der Waals surface area contributed by atoms with Crippen LogP contribution >= 0.6 is 0 Å². The lowest BCUT2D eigenvalue weighted by Crippen LogP contribution is -2.56. The normalized spacial score (nSPS) is 20.3. The summed E-state index contributed by atoms with van der Waals surface area (Å²) in [6.45, 7) is 7.80. The third kappa shape index (κ3) is 5.67. The Balaban J connectivity index is 1.29. The highest BCUT2D eigenvalue weighted by molar-refractivity contribution is 5.99. The molecule has 0 aliphatic carbocycles. The van der Waals surface area contributed by atoms with E-state index in [2.05, 4.69) is 59.7 Å². The summed E-state index contributed by atoms with van der Waals surface area (Å²) >= 11 is 0. The van der Waals surface area contributed by atoms with Crippen LogP contribution in [0.15, 0.2) is 58.9 Å². The zero-order chi connectivity index (χ0) is 24.0. The van der Waals surface area contributed by atoms with E-state index in [4.69, 9.17) is 15.5 Å². The van der Waals surface area contributed by atoms with Crippen molar-refractivity contribution in [1.29, 1.82) is 0 Å². The molecule has 3 aliphatic rings. The molecule has 4 N–H and O–H groups in total. The molecule has 182 valence electrons. The van der Waals surface area contributed by atoms with E-state index in [1.807, 2.05) is 19.2 Å². The number of nitrogens with one attached hydrogen (secondary N) is 2. The van der Waals surface area contributed by atoms with Crippen molar-refractivity contribution in [2.24, 2.45) is 9.98 Å². The number of aliphatic imine (C=N–C) groups is 2. The van der Waals surface area contributed by atoms with Crippen LogP contribution in [0.2, 0.25) is 0 Å². The van der Waals surface area contributed by atoms with Gasteiger partial charge in [0.15, 0.2) is 0 Å². The number of benzene rings is 1. The fraction of sp³-hybridized carbons (Fsp3) is 0.360. The van der Waals surface area contributed by atoms with Gasteiger partial charge in [-0.25, -0.2) is 15.0 Å². The van der Waals surface area contributed by atoms with E-state index in [1.54, 1.807) is 18.7 Å². The Labute approximate surface area is 205 Å². The number of nitrogens with two attached hydrogens (primary N) is 1. The average Bonchev–Trinajstić information content (AvgIpc) is 2.84. The predicted molar refractivity (Wildman–Crippen MR) is 140 cm³/mol. The molecule has 2 fully saturated rings. The zero-order valence-electron chi connectivity index (χ0n) is 19.9. The maximum absolute atomic E-state index is 5.98. The van der Waals surface area contributed by atoms with Gasteiger partial charge in [0.1, 0.15) is 23.0 Å². The standard InChI is InChI=1S/C25H31N9O/c1-18-25(26)32-23(14-29-18)22-13-28-17-27-8-2-3-24(31-22)30-19-4-6-20(7-5-19)33-9-11-34(12-10-33)21-15-35-16-21/h2,4-8,13-14,17,21H,3,9-12,15-16H2,1H3,(H2,26,32)(H,27,28)(H,30,31)/b8-2-,22-13?. The van der Waals surface area contributed by atoms with Crippen molar-refractivity contribution >= 4 is 35.1 Å². The third-order valence-corrected chi connectivity index (χ3v) is 6.35. The molecule has 10 nitrogen and oxygen atoms in total. The lowest BCUT2D eigenvalue weighted by Gasteiger charge is -2.43. The monoisotopic (exact) mass is 473 g/mol. The SMILES string of the molecule is Cc1ncc(C2=CN=CN/C=C\CC(Nc3ccc(N4CCN(C5COC5)CC4)cc3)=N2)nc1N. The highest BCUT2D eigenvalue weighted by Gasteiger charge is 2.28. The summed E-state index contributed by atoms with van der Waals surface area (Å²) in [6.07, 6.45) is 9.31. The number of aryl methyl sites for hydroxylation is 1. The number of rotatable bonds is 4. The molecule has 0 spiro atoms. The second-order valence-corrected chi connectivity index (χ2v) is 8.74. The van der Waals surface area contributed by atoms with E-state index >= 15 is 0 Å². The van der Waals surface area contributed by atoms with Crippen LogP contribution in [0, 0.1) is 6.92 Å². The summed E-state index contributed by atoms with van der Waals surface area (Å²) in [5.41, 5.74) is 10.0. The highest BCUT2D eigenvalue weighted by Crippen LogP contribution is 2.23. The lowest BCUT2D eigenvalue weighted by molar-refractivity contribution is -0.0660. The van der Waals surface area contributed by atoms with Crippen molar-refractivity contribution in [3.63, 3.8) is 0 Å². The number of nitrogen functional groups attached to an aromatic ring is 1. The van der Waals surface area contributed by atoms with Crippen molar-refractivity contribution < 1.29 is 4.74 Å². The molecule has 0 atom stereocenters. The van der Waals surface area contributed by atoms with E-state index < -0.39 is 0 Å². The quantitative estimate of drug-likeness (QED) is 0.619. The van der Waals surface area contributed by atoms with E-state index in [-0.39, 0.29) is 0 Å². The number of piperazine rings is 1. The minimum absolute atomic E-state index is 0.379. The molecular formula is C25H31N9O. The fourth-order valence-corrected chi connectivity index (χ4v) is 4.14. The van der Waals surface area contributed by atoms with Gasteiger partial charge >= 0.3 is 0 Å². The Morgan fingerprint density at radius 2 is 1.91 bits per heavy atom. The van der Waals surface area contributed by atoms with Gasteiger partial charge in [0.2, 0.25) is 0 Å². The predicted octanol–water partition coefficient (Wildman–Crippen LogP) is 2.23. The molecule has 35 heavy (non-hydrogen) atoms. The van der Waals surface area contributed by atoms with Gasteiger partial charge in [0.25, 0.3) is 0 Å². The van der Waals surface area contributed by atoms with E-state index in [0.717, 1.165) is 50.9 Å². The second kappa shape index (κ2) is 10.7. The Morgan fingerprint density at radius 3 is 2.63 bits per heavy atom. The van der Waals surface area contributed by atoms with Crippen molar-refractivity contribution in [2.45, 2.75) is 19.4 Å². The molecule has 3 aliphatic heterocycles. The maximum atomic E-state index is 5.98. The first-order chi connectivity index (χ1) is 17.2. The van der Waals surface area contributed by atoms with Crippen LogP contribution in [-0.2, 0) is 4.74 Å². The molecule has 4 heterocycles. The smallest absolute Gasteiger partial charge is 0.145 e. The first kappa shape index (κ1) is 23.0. The molecule has 0 unspecified atom stereocenters.